The van der Waals surface area contributed by atoms with E-state index in [0.717, 1.165) is 12.1 Å². The first-order valence-electron chi connectivity index (χ1n) is 5.55. The first kappa shape index (κ1) is 15.5. The van der Waals surface area contributed by atoms with Gasteiger partial charge in [-0.25, -0.2) is 9.18 Å². The normalized spacial score (nSPS) is 12.4. The average molecular weight is 278 g/mol. The second kappa shape index (κ2) is 5.19. The van der Waals surface area contributed by atoms with Crippen molar-refractivity contribution in [1.29, 1.82) is 0 Å². The molecule has 0 atom stereocenters. The Morgan fingerprint density at radius 2 is 1.79 bits per heavy atom. The third kappa shape index (κ3) is 4.22. The minimum Gasteiger partial charge on any atom is -0.461 e. The molecule has 6 heteroatoms. The Morgan fingerprint density at radius 1 is 1.21 bits per heavy atom. The maximum absolute atomic E-state index is 13.4. The highest BCUT2D eigenvalue weighted by atomic mass is 19.4. The van der Waals surface area contributed by atoms with Gasteiger partial charge in [0.15, 0.2) is 0 Å². The van der Waals surface area contributed by atoms with Crippen LogP contribution in [0.2, 0.25) is 0 Å². The Labute approximate surface area is 108 Å². The number of esters is 1. The van der Waals surface area contributed by atoms with Crippen molar-refractivity contribution >= 4 is 5.97 Å². The van der Waals surface area contributed by atoms with Gasteiger partial charge in [0, 0.05) is 0 Å². The zero-order chi connectivity index (χ0) is 14.8. The molecule has 0 spiro atoms. The summed E-state index contributed by atoms with van der Waals surface area (Å²) in [5, 5.41) is 0. The second-order valence-corrected chi connectivity index (χ2v) is 5.30. The van der Waals surface area contributed by atoms with Gasteiger partial charge in [0.2, 0.25) is 0 Å². The lowest BCUT2D eigenvalue weighted by Gasteiger charge is -2.19. The predicted molar refractivity (Wildman–Crippen MR) is 61.1 cm³/mol. The number of hydrogen-bond donors (Lipinski definition) is 0. The Bertz CT molecular complexity index is 473. The van der Waals surface area contributed by atoms with E-state index >= 15 is 0 Å². The largest absolute Gasteiger partial charge is 0.461 e. The minimum atomic E-state index is -4.81. The van der Waals surface area contributed by atoms with Crippen molar-refractivity contribution in [1.82, 2.24) is 0 Å². The van der Waals surface area contributed by atoms with E-state index in [2.05, 4.69) is 0 Å². The van der Waals surface area contributed by atoms with Gasteiger partial charge in [0.05, 0.1) is 12.2 Å². The number of rotatable bonds is 2. The molecule has 0 unspecified atom stereocenters. The Hall–Kier alpha value is -1.59. The first-order valence-corrected chi connectivity index (χ1v) is 5.55. The summed E-state index contributed by atoms with van der Waals surface area (Å²) in [7, 11) is 0. The predicted octanol–water partition coefficient (Wildman–Crippen LogP) is 4.05. The molecule has 0 aliphatic rings. The van der Waals surface area contributed by atoms with Crippen molar-refractivity contribution in [2.75, 3.05) is 6.61 Å². The molecule has 0 fully saturated rings. The third-order valence-electron chi connectivity index (χ3n) is 2.16. The summed E-state index contributed by atoms with van der Waals surface area (Å²) < 4.78 is 56.2. The van der Waals surface area contributed by atoms with Crippen molar-refractivity contribution in [2.45, 2.75) is 26.9 Å². The van der Waals surface area contributed by atoms with Crippen LogP contribution in [-0.4, -0.2) is 12.6 Å². The highest BCUT2D eigenvalue weighted by molar-refractivity contribution is 5.91. The summed E-state index contributed by atoms with van der Waals surface area (Å²) >= 11 is 0. The molecule has 1 aromatic rings. The van der Waals surface area contributed by atoms with Gasteiger partial charge in [-0.15, -0.1) is 0 Å². The summed E-state index contributed by atoms with van der Waals surface area (Å²) in [5.74, 6) is -2.55. The highest BCUT2D eigenvalue weighted by Crippen LogP contribution is 2.33. The van der Waals surface area contributed by atoms with Crippen molar-refractivity contribution in [3.05, 3.63) is 35.1 Å². The number of carbonyl (C=O) groups excluding carboxylic acids is 1. The first-order chi connectivity index (χ1) is 8.52. The quantitative estimate of drug-likeness (QED) is 0.602. The zero-order valence-electron chi connectivity index (χ0n) is 10.8. The molecule has 1 rings (SSSR count). The van der Waals surface area contributed by atoms with Crippen LogP contribution in [0.25, 0.3) is 0 Å². The zero-order valence-corrected chi connectivity index (χ0v) is 10.8. The monoisotopic (exact) mass is 278 g/mol. The molecule has 0 radical (unpaired) electrons. The molecule has 0 N–H and O–H groups in total. The van der Waals surface area contributed by atoms with E-state index in [1.807, 2.05) is 0 Å². The molecule has 19 heavy (non-hydrogen) atoms. The van der Waals surface area contributed by atoms with Crippen LogP contribution in [-0.2, 0) is 10.9 Å². The minimum absolute atomic E-state index is 0.0997. The van der Waals surface area contributed by atoms with Gasteiger partial charge < -0.3 is 4.74 Å². The third-order valence-corrected chi connectivity index (χ3v) is 2.16. The van der Waals surface area contributed by atoms with Crippen LogP contribution in [0.3, 0.4) is 0 Å². The number of alkyl halides is 3. The Balaban J connectivity index is 3.09. The van der Waals surface area contributed by atoms with E-state index in [4.69, 9.17) is 4.74 Å². The van der Waals surface area contributed by atoms with E-state index in [1.165, 1.54) is 0 Å². The molecule has 0 aliphatic heterocycles. The summed E-state index contributed by atoms with van der Waals surface area (Å²) in [4.78, 5) is 11.6. The number of hydrogen-bond acceptors (Lipinski definition) is 2. The fourth-order valence-corrected chi connectivity index (χ4v) is 1.32. The SMILES string of the molecule is CC(C)(C)COC(=O)c1c(F)cccc1C(F)(F)F. The van der Waals surface area contributed by atoms with Crippen LogP contribution in [0.15, 0.2) is 18.2 Å². The molecule has 0 aromatic heterocycles. The molecule has 106 valence electrons. The lowest BCUT2D eigenvalue weighted by Crippen LogP contribution is -2.22. The number of halogens is 4. The average Bonchev–Trinajstić information content (AvgIpc) is 2.23. The second-order valence-electron chi connectivity index (χ2n) is 5.30. The van der Waals surface area contributed by atoms with E-state index in [9.17, 15) is 22.4 Å². The Morgan fingerprint density at radius 3 is 2.26 bits per heavy atom. The topological polar surface area (TPSA) is 26.3 Å². The maximum atomic E-state index is 13.4. The van der Waals surface area contributed by atoms with Gasteiger partial charge >= 0.3 is 12.1 Å². The standard InChI is InChI=1S/C13H14F4O2/c1-12(2,3)7-19-11(18)10-8(13(15,16)17)5-4-6-9(10)14/h4-6H,7H2,1-3H3. The molecular formula is C13H14F4O2. The van der Waals surface area contributed by atoms with Gasteiger partial charge in [0.1, 0.15) is 11.4 Å². The van der Waals surface area contributed by atoms with Crippen LogP contribution >= 0.6 is 0 Å². The molecule has 0 amide bonds. The number of carbonyl (C=O) groups is 1. The summed E-state index contributed by atoms with van der Waals surface area (Å²) in [6.07, 6.45) is -4.81. The summed E-state index contributed by atoms with van der Waals surface area (Å²) in [5.41, 5.74) is -2.81. The van der Waals surface area contributed by atoms with E-state index in [1.54, 1.807) is 20.8 Å². The Kier molecular flexibility index (Phi) is 4.22. The van der Waals surface area contributed by atoms with Crippen molar-refractivity contribution in [3.8, 4) is 0 Å². The van der Waals surface area contributed by atoms with Gasteiger partial charge in [-0.05, 0) is 17.5 Å². The van der Waals surface area contributed by atoms with E-state index in [0.29, 0.717) is 6.07 Å². The highest BCUT2D eigenvalue weighted by Gasteiger charge is 2.37. The molecule has 0 aliphatic carbocycles. The molecule has 0 bridgehead atoms. The molecule has 0 saturated heterocycles. The van der Waals surface area contributed by atoms with Crippen molar-refractivity contribution < 1.29 is 27.1 Å². The van der Waals surface area contributed by atoms with Gasteiger partial charge in [-0.2, -0.15) is 13.2 Å². The summed E-state index contributed by atoms with van der Waals surface area (Å²) in [6, 6.07) is 2.35. The fourth-order valence-electron chi connectivity index (χ4n) is 1.32. The smallest absolute Gasteiger partial charge is 0.417 e. The fraction of sp³-hybridized carbons (Fsp3) is 0.462. The van der Waals surface area contributed by atoms with E-state index < -0.39 is 34.5 Å². The van der Waals surface area contributed by atoms with Crippen LogP contribution in [0, 0.1) is 11.2 Å². The van der Waals surface area contributed by atoms with Gasteiger partial charge in [-0.1, -0.05) is 26.8 Å². The molecule has 0 saturated carbocycles. The van der Waals surface area contributed by atoms with Gasteiger partial charge in [-0.3, -0.25) is 0 Å². The van der Waals surface area contributed by atoms with Crippen molar-refractivity contribution in [2.24, 2.45) is 5.41 Å². The lowest BCUT2D eigenvalue weighted by atomic mass is 9.98. The maximum Gasteiger partial charge on any atom is 0.417 e. The van der Waals surface area contributed by atoms with Crippen molar-refractivity contribution in [3.63, 3.8) is 0 Å². The van der Waals surface area contributed by atoms with Crippen LogP contribution < -0.4 is 0 Å². The van der Waals surface area contributed by atoms with Crippen LogP contribution in [0.4, 0.5) is 17.6 Å². The number of ether oxygens (including phenoxy) is 1. The van der Waals surface area contributed by atoms with Crippen LogP contribution in [0.1, 0.15) is 36.7 Å². The molecule has 2 nitrogen and oxygen atoms in total. The molecule has 0 heterocycles. The van der Waals surface area contributed by atoms with Gasteiger partial charge in [0.25, 0.3) is 0 Å². The lowest BCUT2D eigenvalue weighted by molar-refractivity contribution is -0.138. The van der Waals surface area contributed by atoms with E-state index in [-0.39, 0.29) is 6.61 Å². The van der Waals surface area contributed by atoms with Crippen LogP contribution in [0.5, 0.6) is 0 Å². The summed E-state index contributed by atoms with van der Waals surface area (Å²) in [6.45, 7) is 5.13. The number of benzene rings is 1. The molecule has 1 aromatic carbocycles. The molecular weight excluding hydrogens is 264 g/mol.